The summed E-state index contributed by atoms with van der Waals surface area (Å²) in [5.74, 6) is -0.303. The van der Waals surface area contributed by atoms with Gasteiger partial charge in [-0.3, -0.25) is 0 Å². The SMILES string of the molecule is Cc1ccc(C)c(C[C@@H](Oc2ccccc2C(C)(C)C)C(=O)O)c1. The Kier molecular flexibility index (Phi) is 5.33. The van der Waals surface area contributed by atoms with Crippen molar-refractivity contribution in [2.75, 3.05) is 0 Å². The van der Waals surface area contributed by atoms with Crippen LogP contribution in [-0.2, 0) is 16.6 Å². The van der Waals surface area contributed by atoms with Gasteiger partial charge in [-0.15, -0.1) is 0 Å². The first-order valence-electron chi connectivity index (χ1n) is 8.23. The highest BCUT2D eigenvalue weighted by Crippen LogP contribution is 2.32. The molecule has 0 spiro atoms. The quantitative estimate of drug-likeness (QED) is 0.868. The molecule has 0 saturated carbocycles. The van der Waals surface area contributed by atoms with E-state index in [4.69, 9.17) is 4.74 Å². The van der Waals surface area contributed by atoms with Gasteiger partial charge in [0.05, 0.1) is 0 Å². The first-order valence-corrected chi connectivity index (χ1v) is 8.23. The number of aliphatic carboxylic acids is 1. The molecule has 0 aliphatic rings. The molecule has 0 unspecified atom stereocenters. The van der Waals surface area contributed by atoms with Crippen molar-refractivity contribution in [3.05, 3.63) is 64.7 Å². The second kappa shape index (κ2) is 7.08. The highest BCUT2D eigenvalue weighted by atomic mass is 16.5. The van der Waals surface area contributed by atoms with Crippen LogP contribution in [0.1, 0.15) is 43.0 Å². The molecule has 128 valence electrons. The molecule has 1 atom stereocenters. The number of carboxylic acid groups (broad SMARTS) is 1. The summed E-state index contributed by atoms with van der Waals surface area (Å²) in [6.45, 7) is 10.3. The third-order valence-electron chi connectivity index (χ3n) is 4.15. The van der Waals surface area contributed by atoms with Gasteiger partial charge in [0.1, 0.15) is 5.75 Å². The summed E-state index contributed by atoms with van der Waals surface area (Å²) in [5.41, 5.74) is 4.11. The molecule has 0 aliphatic heterocycles. The summed E-state index contributed by atoms with van der Waals surface area (Å²) < 4.78 is 5.93. The molecule has 0 heterocycles. The number of aryl methyl sites for hydroxylation is 2. The number of hydrogen-bond acceptors (Lipinski definition) is 2. The summed E-state index contributed by atoms with van der Waals surface area (Å²) in [4.78, 5) is 11.7. The van der Waals surface area contributed by atoms with Crippen LogP contribution < -0.4 is 4.74 Å². The van der Waals surface area contributed by atoms with Crippen LogP contribution in [0.5, 0.6) is 5.75 Å². The Morgan fingerprint density at radius 1 is 1.12 bits per heavy atom. The molecule has 0 amide bonds. The fourth-order valence-corrected chi connectivity index (χ4v) is 2.74. The zero-order valence-corrected chi connectivity index (χ0v) is 15.1. The van der Waals surface area contributed by atoms with E-state index in [2.05, 4.69) is 20.8 Å². The average molecular weight is 326 g/mol. The number of carboxylic acids is 1. The van der Waals surface area contributed by atoms with Crippen molar-refractivity contribution in [1.29, 1.82) is 0 Å². The molecule has 3 heteroatoms. The molecule has 0 aromatic heterocycles. The van der Waals surface area contributed by atoms with Gasteiger partial charge in [0.25, 0.3) is 0 Å². The van der Waals surface area contributed by atoms with E-state index in [1.807, 2.05) is 56.3 Å². The number of hydrogen-bond donors (Lipinski definition) is 1. The third-order valence-corrected chi connectivity index (χ3v) is 4.15. The molecule has 24 heavy (non-hydrogen) atoms. The number of rotatable bonds is 5. The minimum Gasteiger partial charge on any atom is -0.478 e. The van der Waals surface area contributed by atoms with Crippen LogP contribution in [0.2, 0.25) is 0 Å². The Bertz CT molecular complexity index is 726. The molecule has 3 nitrogen and oxygen atoms in total. The van der Waals surface area contributed by atoms with E-state index in [1.54, 1.807) is 0 Å². The third kappa shape index (κ3) is 4.38. The largest absolute Gasteiger partial charge is 0.478 e. The Balaban J connectivity index is 2.31. The zero-order chi connectivity index (χ0) is 17.9. The topological polar surface area (TPSA) is 46.5 Å². The highest BCUT2D eigenvalue weighted by molar-refractivity contribution is 5.73. The van der Waals surface area contributed by atoms with E-state index >= 15 is 0 Å². The van der Waals surface area contributed by atoms with E-state index in [0.717, 1.165) is 22.3 Å². The maximum absolute atomic E-state index is 11.7. The van der Waals surface area contributed by atoms with Crippen LogP contribution in [0, 0.1) is 13.8 Å². The summed E-state index contributed by atoms with van der Waals surface area (Å²) in [7, 11) is 0. The monoisotopic (exact) mass is 326 g/mol. The summed E-state index contributed by atoms with van der Waals surface area (Å²) in [6.07, 6.45) is -0.560. The lowest BCUT2D eigenvalue weighted by Gasteiger charge is -2.25. The summed E-state index contributed by atoms with van der Waals surface area (Å²) >= 11 is 0. The van der Waals surface area contributed by atoms with E-state index in [0.29, 0.717) is 12.2 Å². The van der Waals surface area contributed by atoms with Gasteiger partial charge in [-0.2, -0.15) is 0 Å². The molecule has 2 aromatic rings. The van der Waals surface area contributed by atoms with Crippen molar-refractivity contribution < 1.29 is 14.6 Å². The van der Waals surface area contributed by atoms with E-state index < -0.39 is 12.1 Å². The second-order valence-corrected chi connectivity index (χ2v) is 7.32. The first kappa shape index (κ1) is 18.1. The lowest BCUT2D eigenvalue weighted by molar-refractivity contribution is -0.145. The predicted octanol–water partition coefficient (Wildman–Crippen LogP) is 4.68. The van der Waals surface area contributed by atoms with Crippen LogP contribution in [0.15, 0.2) is 42.5 Å². The van der Waals surface area contributed by atoms with E-state index in [1.165, 1.54) is 0 Å². The van der Waals surface area contributed by atoms with Crippen molar-refractivity contribution in [2.24, 2.45) is 0 Å². The molecule has 0 saturated heterocycles. The number of benzene rings is 2. The van der Waals surface area contributed by atoms with E-state index in [-0.39, 0.29) is 5.41 Å². The van der Waals surface area contributed by atoms with Crippen molar-refractivity contribution in [2.45, 2.75) is 52.6 Å². The first-order chi connectivity index (χ1) is 11.2. The molecule has 0 radical (unpaired) electrons. The predicted molar refractivity (Wildman–Crippen MR) is 96.8 cm³/mol. The van der Waals surface area contributed by atoms with Gasteiger partial charge in [-0.25, -0.2) is 4.79 Å². The minimum absolute atomic E-state index is 0.112. The molecule has 0 aliphatic carbocycles. The van der Waals surface area contributed by atoms with Gasteiger partial charge in [0.15, 0.2) is 6.10 Å². The normalized spacial score (nSPS) is 12.7. The maximum atomic E-state index is 11.7. The lowest BCUT2D eigenvalue weighted by Crippen LogP contribution is -2.30. The van der Waals surface area contributed by atoms with Gasteiger partial charge < -0.3 is 9.84 Å². The van der Waals surface area contributed by atoms with Crippen LogP contribution >= 0.6 is 0 Å². The lowest BCUT2D eigenvalue weighted by atomic mass is 9.86. The molecule has 2 aromatic carbocycles. The minimum atomic E-state index is -0.945. The number of ether oxygens (including phenoxy) is 1. The molecule has 1 N–H and O–H groups in total. The van der Waals surface area contributed by atoms with Gasteiger partial charge in [-0.1, -0.05) is 62.7 Å². The molecule has 0 fully saturated rings. The second-order valence-electron chi connectivity index (χ2n) is 7.32. The maximum Gasteiger partial charge on any atom is 0.345 e. The fourth-order valence-electron chi connectivity index (χ4n) is 2.74. The molecule has 2 rings (SSSR count). The fraction of sp³-hybridized carbons (Fsp3) is 0.381. The highest BCUT2D eigenvalue weighted by Gasteiger charge is 2.25. The van der Waals surface area contributed by atoms with Crippen LogP contribution in [0.25, 0.3) is 0 Å². The van der Waals surface area contributed by atoms with Gasteiger partial charge in [0, 0.05) is 6.42 Å². The Labute approximate surface area is 144 Å². The Morgan fingerprint density at radius 2 is 1.79 bits per heavy atom. The van der Waals surface area contributed by atoms with Gasteiger partial charge in [-0.05, 0) is 42.0 Å². The Morgan fingerprint density at radius 3 is 2.42 bits per heavy atom. The molecular weight excluding hydrogens is 300 g/mol. The van der Waals surface area contributed by atoms with Crippen molar-refractivity contribution in [1.82, 2.24) is 0 Å². The Hall–Kier alpha value is -2.29. The molecular formula is C21H26O3. The molecule has 0 bridgehead atoms. The van der Waals surface area contributed by atoms with Crippen molar-refractivity contribution in [3.63, 3.8) is 0 Å². The summed E-state index contributed by atoms with van der Waals surface area (Å²) in [6, 6.07) is 13.8. The summed E-state index contributed by atoms with van der Waals surface area (Å²) in [5, 5.41) is 9.62. The van der Waals surface area contributed by atoms with Crippen molar-refractivity contribution >= 4 is 5.97 Å². The smallest absolute Gasteiger partial charge is 0.345 e. The average Bonchev–Trinajstić information content (AvgIpc) is 2.49. The van der Waals surface area contributed by atoms with Gasteiger partial charge >= 0.3 is 5.97 Å². The van der Waals surface area contributed by atoms with Crippen molar-refractivity contribution in [3.8, 4) is 5.75 Å². The van der Waals surface area contributed by atoms with E-state index in [9.17, 15) is 9.90 Å². The van der Waals surface area contributed by atoms with Gasteiger partial charge in [0.2, 0.25) is 0 Å². The van der Waals surface area contributed by atoms with Crippen LogP contribution in [-0.4, -0.2) is 17.2 Å². The number of para-hydroxylation sites is 1. The standard InChI is InChI=1S/C21H26O3/c1-14-10-11-15(2)16(12-14)13-19(20(22)23)24-18-9-7-6-8-17(18)21(3,4)5/h6-12,19H,13H2,1-5H3,(H,22,23)/t19-/m1/s1. The zero-order valence-electron chi connectivity index (χ0n) is 15.1. The van der Waals surface area contributed by atoms with Crippen LogP contribution in [0.3, 0.4) is 0 Å². The van der Waals surface area contributed by atoms with Crippen LogP contribution in [0.4, 0.5) is 0 Å². The number of carbonyl (C=O) groups is 1.